The van der Waals surface area contributed by atoms with Crippen molar-refractivity contribution in [2.24, 2.45) is 5.92 Å². The van der Waals surface area contributed by atoms with E-state index in [2.05, 4.69) is 5.32 Å². The highest BCUT2D eigenvalue weighted by Crippen LogP contribution is 2.23. The van der Waals surface area contributed by atoms with Crippen molar-refractivity contribution in [1.82, 2.24) is 0 Å². The van der Waals surface area contributed by atoms with Crippen molar-refractivity contribution in [1.29, 1.82) is 0 Å². The smallest absolute Gasteiger partial charge is 0.227 e. The molecular weight excluding hydrogens is 212 g/mol. The molecule has 3 nitrogen and oxygen atoms in total. The Morgan fingerprint density at radius 1 is 1.60 bits per heavy atom. The number of halogens is 1. The summed E-state index contributed by atoms with van der Waals surface area (Å²) in [5.41, 5.74) is 6.81. The van der Waals surface area contributed by atoms with Crippen molar-refractivity contribution in [3.63, 3.8) is 0 Å². The predicted octanol–water partition coefficient (Wildman–Crippen LogP) is 2.91. The molecule has 0 aliphatic heterocycles. The average Bonchev–Trinajstić information content (AvgIpc) is 2.20. The average molecular weight is 227 g/mol. The molecule has 0 radical (unpaired) electrons. The van der Waals surface area contributed by atoms with E-state index in [1.807, 2.05) is 13.8 Å². The van der Waals surface area contributed by atoms with E-state index in [0.29, 0.717) is 16.4 Å². The van der Waals surface area contributed by atoms with Gasteiger partial charge in [0.15, 0.2) is 0 Å². The van der Waals surface area contributed by atoms with Crippen LogP contribution in [0.4, 0.5) is 11.4 Å². The van der Waals surface area contributed by atoms with Gasteiger partial charge in [-0.3, -0.25) is 4.79 Å². The lowest BCUT2D eigenvalue weighted by atomic mass is 10.1. The number of carbonyl (C=O) groups is 1. The van der Waals surface area contributed by atoms with E-state index in [9.17, 15) is 4.79 Å². The molecule has 15 heavy (non-hydrogen) atoms. The number of nitrogen functional groups attached to an aromatic ring is 1. The predicted molar refractivity (Wildman–Crippen MR) is 63.9 cm³/mol. The molecule has 3 N–H and O–H groups in total. The minimum absolute atomic E-state index is 0.0138. The van der Waals surface area contributed by atoms with Crippen LogP contribution in [-0.4, -0.2) is 5.91 Å². The minimum Gasteiger partial charge on any atom is -0.397 e. The molecule has 4 heteroatoms. The fourth-order valence-electron chi connectivity index (χ4n) is 1.09. The highest BCUT2D eigenvalue weighted by Gasteiger charge is 2.11. The van der Waals surface area contributed by atoms with Gasteiger partial charge in [0, 0.05) is 10.9 Å². The van der Waals surface area contributed by atoms with Crippen LogP contribution in [0.2, 0.25) is 5.02 Å². The number of rotatable bonds is 3. The first-order valence-electron chi connectivity index (χ1n) is 4.90. The van der Waals surface area contributed by atoms with E-state index in [4.69, 9.17) is 17.3 Å². The maximum atomic E-state index is 11.6. The number of carbonyl (C=O) groups excluding carboxylic acids is 1. The van der Waals surface area contributed by atoms with Crippen LogP contribution in [0.5, 0.6) is 0 Å². The highest BCUT2D eigenvalue weighted by molar-refractivity contribution is 6.31. The first-order chi connectivity index (χ1) is 7.04. The minimum atomic E-state index is -0.0217. The van der Waals surface area contributed by atoms with Gasteiger partial charge < -0.3 is 11.1 Å². The van der Waals surface area contributed by atoms with E-state index in [1.54, 1.807) is 18.2 Å². The first kappa shape index (κ1) is 11.9. The van der Waals surface area contributed by atoms with Gasteiger partial charge in [0.25, 0.3) is 0 Å². The maximum Gasteiger partial charge on any atom is 0.227 e. The number of nitrogens with two attached hydrogens (primary N) is 1. The van der Waals surface area contributed by atoms with Gasteiger partial charge in [-0.1, -0.05) is 25.4 Å². The van der Waals surface area contributed by atoms with Crippen molar-refractivity contribution >= 4 is 28.9 Å². The first-order valence-corrected chi connectivity index (χ1v) is 5.28. The van der Waals surface area contributed by atoms with Crippen molar-refractivity contribution in [3.8, 4) is 0 Å². The second kappa shape index (κ2) is 5.03. The molecule has 0 unspecified atom stereocenters. The fourth-order valence-corrected chi connectivity index (χ4v) is 1.27. The van der Waals surface area contributed by atoms with Gasteiger partial charge in [-0.15, -0.1) is 0 Å². The third-order valence-corrected chi connectivity index (χ3v) is 2.57. The van der Waals surface area contributed by atoms with Gasteiger partial charge in [0.05, 0.1) is 11.4 Å². The van der Waals surface area contributed by atoms with E-state index in [0.717, 1.165) is 6.42 Å². The van der Waals surface area contributed by atoms with E-state index >= 15 is 0 Å². The highest BCUT2D eigenvalue weighted by atomic mass is 35.5. The molecule has 0 saturated heterocycles. The summed E-state index contributed by atoms with van der Waals surface area (Å²) >= 11 is 5.75. The number of hydrogen-bond acceptors (Lipinski definition) is 2. The molecule has 0 fully saturated rings. The van der Waals surface area contributed by atoms with Crippen LogP contribution in [-0.2, 0) is 4.79 Å². The number of anilines is 2. The molecular formula is C11H15ClN2O. The maximum absolute atomic E-state index is 11.6. The second-order valence-electron chi connectivity index (χ2n) is 3.53. The Hall–Kier alpha value is -1.22. The Morgan fingerprint density at radius 2 is 2.27 bits per heavy atom. The summed E-state index contributed by atoms with van der Waals surface area (Å²) in [6.07, 6.45) is 0.805. The van der Waals surface area contributed by atoms with Crippen LogP contribution in [0.25, 0.3) is 0 Å². The van der Waals surface area contributed by atoms with E-state index in [-0.39, 0.29) is 11.8 Å². The standard InChI is InChI=1S/C11H15ClN2O/c1-3-7(2)11(15)14-10-5-4-8(12)6-9(10)13/h4-7H,3,13H2,1-2H3,(H,14,15)/t7-/m0/s1. The topological polar surface area (TPSA) is 55.1 Å². The molecule has 82 valence electrons. The summed E-state index contributed by atoms with van der Waals surface area (Å²) < 4.78 is 0. The fraction of sp³-hybridized carbons (Fsp3) is 0.364. The SMILES string of the molecule is CC[C@H](C)C(=O)Nc1ccc(Cl)cc1N. The van der Waals surface area contributed by atoms with Crippen molar-refractivity contribution in [2.45, 2.75) is 20.3 Å². The van der Waals surface area contributed by atoms with Crippen molar-refractivity contribution < 1.29 is 4.79 Å². The molecule has 0 aromatic heterocycles. The third kappa shape index (κ3) is 3.13. The molecule has 0 spiro atoms. The summed E-state index contributed by atoms with van der Waals surface area (Å²) in [4.78, 5) is 11.6. The van der Waals surface area contributed by atoms with E-state index in [1.165, 1.54) is 0 Å². The summed E-state index contributed by atoms with van der Waals surface area (Å²) in [7, 11) is 0. The summed E-state index contributed by atoms with van der Waals surface area (Å²) in [6, 6.07) is 5.02. The zero-order chi connectivity index (χ0) is 11.4. The zero-order valence-electron chi connectivity index (χ0n) is 8.88. The van der Waals surface area contributed by atoms with Crippen LogP contribution in [0.15, 0.2) is 18.2 Å². The third-order valence-electron chi connectivity index (χ3n) is 2.33. The zero-order valence-corrected chi connectivity index (χ0v) is 9.64. The molecule has 1 aromatic carbocycles. The number of hydrogen-bond donors (Lipinski definition) is 2. The Kier molecular flexibility index (Phi) is 3.97. The van der Waals surface area contributed by atoms with Gasteiger partial charge >= 0.3 is 0 Å². The molecule has 0 aliphatic carbocycles. The molecule has 1 aromatic rings. The number of nitrogens with one attached hydrogen (secondary N) is 1. The van der Waals surface area contributed by atoms with Crippen molar-refractivity contribution in [3.05, 3.63) is 23.2 Å². The second-order valence-corrected chi connectivity index (χ2v) is 3.97. The Bertz CT molecular complexity index is 366. The number of benzene rings is 1. The van der Waals surface area contributed by atoms with Crippen LogP contribution in [0, 0.1) is 5.92 Å². The van der Waals surface area contributed by atoms with Gasteiger partial charge in [0.2, 0.25) is 5.91 Å². The Morgan fingerprint density at radius 3 is 2.80 bits per heavy atom. The molecule has 0 bridgehead atoms. The van der Waals surface area contributed by atoms with Gasteiger partial charge in [-0.25, -0.2) is 0 Å². The lowest BCUT2D eigenvalue weighted by molar-refractivity contribution is -0.119. The molecule has 0 heterocycles. The lowest BCUT2D eigenvalue weighted by Gasteiger charge is -2.11. The molecule has 1 amide bonds. The summed E-state index contributed by atoms with van der Waals surface area (Å²) in [5.74, 6) is -0.0356. The van der Waals surface area contributed by atoms with Crippen LogP contribution in [0.1, 0.15) is 20.3 Å². The summed E-state index contributed by atoms with van der Waals surface area (Å²) in [6.45, 7) is 3.84. The van der Waals surface area contributed by atoms with Gasteiger partial charge in [-0.05, 0) is 24.6 Å². The Labute approximate surface area is 94.6 Å². The monoisotopic (exact) mass is 226 g/mol. The van der Waals surface area contributed by atoms with E-state index < -0.39 is 0 Å². The lowest BCUT2D eigenvalue weighted by Crippen LogP contribution is -2.20. The van der Waals surface area contributed by atoms with Crippen LogP contribution >= 0.6 is 11.6 Å². The van der Waals surface area contributed by atoms with Gasteiger partial charge in [0.1, 0.15) is 0 Å². The summed E-state index contributed by atoms with van der Waals surface area (Å²) in [5, 5.41) is 3.33. The largest absolute Gasteiger partial charge is 0.397 e. The van der Waals surface area contributed by atoms with Gasteiger partial charge in [-0.2, -0.15) is 0 Å². The quantitative estimate of drug-likeness (QED) is 0.779. The van der Waals surface area contributed by atoms with Crippen LogP contribution in [0.3, 0.4) is 0 Å². The van der Waals surface area contributed by atoms with Crippen LogP contribution < -0.4 is 11.1 Å². The normalized spacial score (nSPS) is 12.2. The van der Waals surface area contributed by atoms with Crippen molar-refractivity contribution in [2.75, 3.05) is 11.1 Å². The Balaban J connectivity index is 2.77. The molecule has 1 atom stereocenters. The molecule has 0 aliphatic rings. The molecule has 0 saturated carbocycles. The molecule has 1 rings (SSSR count). The number of amides is 1.